The predicted octanol–water partition coefficient (Wildman–Crippen LogP) is 2.87. The highest BCUT2D eigenvalue weighted by Crippen LogP contribution is 2.46. The molecule has 0 saturated heterocycles. The second-order valence-corrected chi connectivity index (χ2v) is 6.57. The van der Waals surface area contributed by atoms with Crippen LogP contribution in [0.15, 0.2) is 67.4 Å². The van der Waals surface area contributed by atoms with Gasteiger partial charge in [-0.3, -0.25) is 4.57 Å². The van der Waals surface area contributed by atoms with Gasteiger partial charge < -0.3 is 10.6 Å². The van der Waals surface area contributed by atoms with E-state index in [1.807, 2.05) is 29.0 Å². The van der Waals surface area contributed by atoms with Gasteiger partial charge in [-0.1, -0.05) is 30.3 Å². The highest BCUT2D eigenvalue weighted by atomic mass is 16.2. The Hall–Kier alpha value is -3.15. The van der Waals surface area contributed by atoms with Crippen LogP contribution in [-0.4, -0.2) is 27.1 Å². The summed E-state index contributed by atoms with van der Waals surface area (Å²) in [5.41, 5.74) is 2.36. The summed E-state index contributed by atoms with van der Waals surface area (Å²) in [4.78, 5) is 20.4. The van der Waals surface area contributed by atoms with Crippen molar-refractivity contribution in [2.75, 3.05) is 6.54 Å². The molecule has 6 nitrogen and oxygen atoms in total. The first-order valence-corrected chi connectivity index (χ1v) is 8.79. The normalized spacial score (nSPS) is 18.3. The maximum absolute atomic E-state index is 12.1. The fourth-order valence-corrected chi connectivity index (χ4v) is 3.16. The van der Waals surface area contributed by atoms with E-state index in [0.717, 1.165) is 17.8 Å². The number of hydrogen-bond donors (Lipinski definition) is 2. The lowest BCUT2D eigenvalue weighted by Crippen LogP contribution is -2.36. The molecule has 3 aromatic rings. The van der Waals surface area contributed by atoms with Crippen molar-refractivity contribution in [1.82, 2.24) is 25.2 Å². The molecule has 2 aromatic heterocycles. The van der Waals surface area contributed by atoms with Crippen molar-refractivity contribution in [2.24, 2.45) is 5.92 Å². The van der Waals surface area contributed by atoms with Crippen molar-refractivity contribution in [2.45, 2.75) is 18.9 Å². The third-order valence-corrected chi connectivity index (χ3v) is 4.71. The molecule has 0 aliphatic heterocycles. The van der Waals surface area contributed by atoms with E-state index in [-0.39, 0.29) is 6.03 Å². The van der Waals surface area contributed by atoms with E-state index in [1.165, 1.54) is 5.56 Å². The molecule has 2 atom stereocenters. The van der Waals surface area contributed by atoms with Crippen LogP contribution in [0, 0.1) is 5.92 Å². The molecule has 0 unspecified atom stereocenters. The summed E-state index contributed by atoms with van der Waals surface area (Å²) in [5, 5.41) is 5.88. The van der Waals surface area contributed by atoms with Gasteiger partial charge in [-0.15, -0.1) is 0 Å². The summed E-state index contributed by atoms with van der Waals surface area (Å²) in [6, 6.07) is 14.2. The Morgan fingerprint density at radius 2 is 2.04 bits per heavy atom. The van der Waals surface area contributed by atoms with Crippen LogP contribution in [0.5, 0.6) is 0 Å². The number of rotatable bonds is 6. The van der Waals surface area contributed by atoms with Crippen molar-refractivity contribution in [1.29, 1.82) is 0 Å². The van der Waals surface area contributed by atoms with Gasteiger partial charge in [-0.05, 0) is 41.5 Å². The highest BCUT2D eigenvalue weighted by molar-refractivity contribution is 5.73. The maximum Gasteiger partial charge on any atom is 0.315 e. The van der Waals surface area contributed by atoms with E-state index in [4.69, 9.17) is 0 Å². The Kier molecular flexibility index (Phi) is 4.64. The quantitative estimate of drug-likeness (QED) is 0.720. The number of amides is 2. The Labute approximate surface area is 152 Å². The molecule has 0 bridgehead atoms. The first-order chi connectivity index (χ1) is 12.8. The lowest BCUT2D eigenvalue weighted by atomic mass is 10.1. The minimum Gasteiger partial charge on any atom is -0.338 e. The summed E-state index contributed by atoms with van der Waals surface area (Å²) in [6.07, 6.45) is 8.12. The van der Waals surface area contributed by atoms with Crippen LogP contribution in [0.2, 0.25) is 0 Å². The van der Waals surface area contributed by atoms with Crippen molar-refractivity contribution in [3.63, 3.8) is 0 Å². The van der Waals surface area contributed by atoms with Gasteiger partial charge in [0, 0.05) is 31.7 Å². The summed E-state index contributed by atoms with van der Waals surface area (Å²) in [5.74, 6) is 1.90. The fourth-order valence-electron chi connectivity index (χ4n) is 3.16. The minimum absolute atomic E-state index is 0.135. The molecule has 1 aromatic carbocycles. The first kappa shape index (κ1) is 16.3. The number of aromatic nitrogens is 3. The topological polar surface area (TPSA) is 71.8 Å². The van der Waals surface area contributed by atoms with E-state index in [1.54, 1.807) is 18.7 Å². The zero-order valence-electron chi connectivity index (χ0n) is 14.4. The molecule has 2 heterocycles. The monoisotopic (exact) mass is 347 g/mol. The molecule has 2 amide bonds. The third-order valence-electron chi connectivity index (χ3n) is 4.71. The molecule has 1 saturated carbocycles. The zero-order valence-corrected chi connectivity index (χ0v) is 14.4. The number of pyridine rings is 1. The molecular formula is C20H21N5O. The Balaban J connectivity index is 1.23. The minimum atomic E-state index is -0.135. The van der Waals surface area contributed by atoms with Crippen molar-refractivity contribution < 1.29 is 4.79 Å². The van der Waals surface area contributed by atoms with Crippen molar-refractivity contribution in [3.8, 4) is 5.82 Å². The van der Waals surface area contributed by atoms with E-state index < -0.39 is 0 Å². The molecule has 0 radical (unpaired) electrons. The number of benzene rings is 1. The van der Waals surface area contributed by atoms with E-state index in [9.17, 15) is 4.79 Å². The van der Waals surface area contributed by atoms with Gasteiger partial charge in [-0.2, -0.15) is 0 Å². The van der Waals surface area contributed by atoms with Gasteiger partial charge in [-0.25, -0.2) is 14.8 Å². The summed E-state index contributed by atoms with van der Waals surface area (Å²) in [7, 11) is 0. The maximum atomic E-state index is 12.1. The number of carbonyl (C=O) groups excluding carboxylic acids is 1. The molecule has 1 aliphatic rings. The fraction of sp³-hybridized carbons (Fsp3) is 0.250. The predicted molar refractivity (Wildman–Crippen MR) is 98.9 cm³/mol. The van der Waals surface area contributed by atoms with Gasteiger partial charge in [0.05, 0.1) is 0 Å². The largest absolute Gasteiger partial charge is 0.338 e. The van der Waals surface area contributed by atoms with Gasteiger partial charge in [0.15, 0.2) is 0 Å². The number of carbonyl (C=O) groups is 1. The lowest BCUT2D eigenvalue weighted by molar-refractivity contribution is 0.240. The molecule has 1 aliphatic carbocycles. The van der Waals surface area contributed by atoms with E-state index >= 15 is 0 Å². The molecule has 0 spiro atoms. The molecule has 4 rings (SSSR count). The lowest BCUT2D eigenvalue weighted by Gasteiger charge is -2.09. The van der Waals surface area contributed by atoms with Crippen LogP contribution in [-0.2, 0) is 6.54 Å². The van der Waals surface area contributed by atoms with Crippen molar-refractivity contribution in [3.05, 3.63) is 78.5 Å². The molecular weight excluding hydrogens is 326 g/mol. The van der Waals surface area contributed by atoms with Gasteiger partial charge >= 0.3 is 6.03 Å². The zero-order chi connectivity index (χ0) is 17.8. The smallest absolute Gasteiger partial charge is 0.315 e. The standard InChI is InChI=1S/C20H21N5O/c26-20(24-13-17-11-18(17)16-4-2-1-3-5-16)23-12-15-6-7-22-19(10-15)25-9-8-21-14-25/h1-10,14,17-18H,11-13H2,(H2,23,24,26)/t17-,18-/m1/s1. The summed E-state index contributed by atoms with van der Waals surface area (Å²) in [6.45, 7) is 1.17. The highest BCUT2D eigenvalue weighted by Gasteiger charge is 2.37. The Bertz CT molecular complexity index is 863. The van der Waals surface area contributed by atoms with Gasteiger partial charge in [0.1, 0.15) is 12.1 Å². The van der Waals surface area contributed by atoms with Crippen LogP contribution in [0.3, 0.4) is 0 Å². The molecule has 6 heteroatoms. The Morgan fingerprint density at radius 3 is 2.85 bits per heavy atom. The average Bonchev–Trinajstić information content (AvgIpc) is 3.26. The molecule has 2 N–H and O–H groups in total. The molecule has 132 valence electrons. The number of urea groups is 1. The third kappa shape index (κ3) is 3.91. The Morgan fingerprint density at radius 1 is 1.15 bits per heavy atom. The van der Waals surface area contributed by atoms with Crippen LogP contribution in [0.1, 0.15) is 23.5 Å². The molecule has 1 fully saturated rings. The van der Waals surface area contributed by atoms with Gasteiger partial charge in [0.2, 0.25) is 0 Å². The summed E-state index contributed by atoms with van der Waals surface area (Å²) < 4.78 is 1.83. The van der Waals surface area contributed by atoms with Crippen LogP contribution >= 0.6 is 0 Å². The number of nitrogens with zero attached hydrogens (tertiary/aromatic N) is 3. The number of nitrogens with one attached hydrogen (secondary N) is 2. The van der Waals surface area contributed by atoms with E-state index in [0.29, 0.717) is 24.9 Å². The SMILES string of the molecule is O=C(NCc1ccnc(-n2ccnc2)c1)NC[C@H]1C[C@@H]1c1ccccc1. The second-order valence-electron chi connectivity index (χ2n) is 6.57. The summed E-state index contributed by atoms with van der Waals surface area (Å²) >= 11 is 0. The first-order valence-electron chi connectivity index (χ1n) is 8.79. The van der Waals surface area contributed by atoms with Gasteiger partial charge in [0.25, 0.3) is 0 Å². The second kappa shape index (κ2) is 7.39. The van der Waals surface area contributed by atoms with E-state index in [2.05, 4.69) is 44.9 Å². The number of imidazole rings is 1. The average molecular weight is 347 g/mol. The van der Waals surface area contributed by atoms with Crippen LogP contribution in [0.25, 0.3) is 5.82 Å². The van der Waals surface area contributed by atoms with Crippen LogP contribution < -0.4 is 10.6 Å². The molecule has 26 heavy (non-hydrogen) atoms. The van der Waals surface area contributed by atoms with Crippen molar-refractivity contribution >= 4 is 6.03 Å². The number of hydrogen-bond acceptors (Lipinski definition) is 3. The van der Waals surface area contributed by atoms with Crippen LogP contribution in [0.4, 0.5) is 4.79 Å².